The van der Waals surface area contributed by atoms with Crippen molar-refractivity contribution in [2.45, 2.75) is 0 Å². The average molecular weight is 359 g/mol. The lowest BCUT2D eigenvalue weighted by atomic mass is 10.3. The summed E-state index contributed by atoms with van der Waals surface area (Å²) in [7, 11) is 0. The zero-order valence-electron chi connectivity index (χ0n) is 8.86. The Hall–Kier alpha value is -0.900. The Bertz CT molecular complexity index is 589. The summed E-state index contributed by atoms with van der Waals surface area (Å²) in [6.07, 6.45) is 0. The molecule has 100 valence electrons. The summed E-state index contributed by atoms with van der Waals surface area (Å²) in [6.45, 7) is 0. The van der Waals surface area contributed by atoms with Crippen LogP contribution in [0.5, 0.6) is 0 Å². The number of hydrogen-bond acceptors (Lipinski definition) is 4. The van der Waals surface area contributed by atoms with Crippen molar-refractivity contribution < 1.29 is 0 Å². The van der Waals surface area contributed by atoms with Crippen LogP contribution in [0.2, 0.25) is 25.1 Å². The van der Waals surface area contributed by atoms with Gasteiger partial charge in [0, 0.05) is 0 Å². The second-order valence-corrected chi connectivity index (χ2v) is 4.93. The molecule has 0 heterocycles. The SMILES string of the molecule is N#C/C(=N\Nc1c(Cl)c(Cl)c(Cl)c(Cl)c1Cl)C(=N)N. The molecule has 5 nitrogen and oxygen atoms in total. The number of nitrogens with zero attached hydrogens (tertiary/aromatic N) is 2. The topological polar surface area (TPSA) is 98.0 Å². The van der Waals surface area contributed by atoms with Crippen LogP contribution in [0, 0.1) is 16.7 Å². The van der Waals surface area contributed by atoms with E-state index in [9.17, 15) is 0 Å². The van der Waals surface area contributed by atoms with Gasteiger partial charge in [0.25, 0.3) is 0 Å². The molecular weight excluding hydrogens is 355 g/mol. The molecule has 0 saturated carbocycles. The van der Waals surface area contributed by atoms with Crippen LogP contribution < -0.4 is 11.2 Å². The molecule has 0 atom stereocenters. The van der Waals surface area contributed by atoms with Crippen molar-refractivity contribution in [2.24, 2.45) is 10.8 Å². The summed E-state index contributed by atoms with van der Waals surface area (Å²) in [5.41, 5.74) is 7.20. The number of amidine groups is 1. The number of nitriles is 1. The Morgan fingerprint density at radius 2 is 1.47 bits per heavy atom. The van der Waals surface area contributed by atoms with E-state index in [-0.39, 0.29) is 36.5 Å². The van der Waals surface area contributed by atoms with E-state index in [2.05, 4.69) is 10.5 Å². The van der Waals surface area contributed by atoms with Crippen molar-refractivity contribution in [3.05, 3.63) is 25.1 Å². The van der Waals surface area contributed by atoms with E-state index < -0.39 is 5.84 Å². The van der Waals surface area contributed by atoms with Crippen molar-refractivity contribution >= 4 is 75.2 Å². The maximum Gasteiger partial charge on any atom is 0.201 e. The second-order valence-electron chi connectivity index (χ2n) is 3.04. The molecule has 1 rings (SSSR count). The lowest BCUT2D eigenvalue weighted by molar-refractivity contribution is 1.33. The Labute approximate surface area is 133 Å². The molecule has 0 spiro atoms. The van der Waals surface area contributed by atoms with Crippen molar-refractivity contribution in [3.8, 4) is 6.07 Å². The highest BCUT2D eigenvalue weighted by Gasteiger charge is 2.19. The van der Waals surface area contributed by atoms with Gasteiger partial charge in [-0.3, -0.25) is 10.8 Å². The normalized spacial score (nSPS) is 11.1. The third kappa shape index (κ3) is 3.35. The van der Waals surface area contributed by atoms with Crippen LogP contribution in [0.1, 0.15) is 0 Å². The lowest BCUT2D eigenvalue weighted by Gasteiger charge is -2.11. The summed E-state index contributed by atoms with van der Waals surface area (Å²) < 4.78 is 0. The van der Waals surface area contributed by atoms with E-state index in [0.29, 0.717) is 0 Å². The van der Waals surface area contributed by atoms with Gasteiger partial charge in [-0.2, -0.15) is 10.4 Å². The molecule has 0 unspecified atom stereocenters. The smallest absolute Gasteiger partial charge is 0.201 e. The summed E-state index contributed by atoms with van der Waals surface area (Å²) in [5.74, 6) is -0.520. The summed E-state index contributed by atoms with van der Waals surface area (Å²) in [5, 5.41) is 19.3. The lowest BCUT2D eigenvalue weighted by Crippen LogP contribution is -2.22. The van der Waals surface area contributed by atoms with Gasteiger partial charge in [-0.1, -0.05) is 58.0 Å². The molecule has 4 N–H and O–H groups in total. The standard InChI is InChI=1S/C9H4Cl5N5/c10-3-4(11)6(13)8(7(14)5(3)12)19-18-2(1-15)9(16)17/h19H,(H3,16,17)/b18-2+. The van der Waals surface area contributed by atoms with Gasteiger partial charge in [0.05, 0.1) is 30.8 Å². The Balaban J connectivity index is 3.31. The van der Waals surface area contributed by atoms with E-state index in [1.165, 1.54) is 0 Å². The fourth-order valence-corrected chi connectivity index (χ4v) is 2.18. The highest BCUT2D eigenvalue weighted by molar-refractivity contribution is 6.56. The average Bonchev–Trinajstić information content (AvgIpc) is 2.38. The van der Waals surface area contributed by atoms with Crippen molar-refractivity contribution in [3.63, 3.8) is 0 Å². The first-order valence-electron chi connectivity index (χ1n) is 4.40. The second kappa shape index (κ2) is 6.51. The van der Waals surface area contributed by atoms with Gasteiger partial charge in [-0.15, -0.1) is 0 Å². The Morgan fingerprint density at radius 1 is 1.05 bits per heavy atom. The third-order valence-corrected chi connectivity index (χ3v) is 4.13. The van der Waals surface area contributed by atoms with Gasteiger partial charge >= 0.3 is 0 Å². The third-order valence-electron chi connectivity index (χ3n) is 1.85. The van der Waals surface area contributed by atoms with Gasteiger partial charge in [0.2, 0.25) is 5.71 Å². The molecule has 1 aromatic rings. The van der Waals surface area contributed by atoms with Gasteiger partial charge in [0.15, 0.2) is 5.84 Å². The Kier molecular flexibility index (Phi) is 5.53. The molecular formula is C9H4Cl5N5. The molecule has 0 aromatic heterocycles. The van der Waals surface area contributed by atoms with Gasteiger partial charge in [-0.05, 0) is 0 Å². The van der Waals surface area contributed by atoms with E-state index in [1.54, 1.807) is 6.07 Å². The van der Waals surface area contributed by atoms with Crippen LogP contribution in [-0.2, 0) is 0 Å². The number of hydrazone groups is 1. The fraction of sp³-hybridized carbons (Fsp3) is 0. The highest BCUT2D eigenvalue weighted by atomic mass is 35.5. The number of halogens is 5. The molecule has 0 aliphatic carbocycles. The van der Waals surface area contributed by atoms with Gasteiger partial charge < -0.3 is 5.73 Å². The molecule has 0 saturated heterocycles. The molecule has 19 heavy (non-hydrogen) atoms. The first kappa shape index (κ1) is 16.2. The minimum absolute atomic E-state index is 0.0000579. The number of anilines is 1. The fourth-order valence-electron chi connectivity index (χ4n) is 0.960. The number of nitrogens with one attached hydrogen (secondary N) is 2. The van der Waals surface area contributed by atoms with Crippen molar-refractivity contribution in [1.29, 1.82) is 10.7 Å². The molecule has 1 aromatic carbocycles. The Morgan fingerprint density at radius 3 is 1.84 bits per heavy atom. The molecule has 0 fully saturated rings. The first-order chi connectivity index (χ1) is 8.81. The van der Waals surface area contributed by atoms with Crippen molar-refractivity contribution in [2.75, 3.05) is 5.43 Å². The number of nitrogens with two attached hydrogens (primary N) is 1. The van der Waals surface area contributed by atoms with Crippen LogP contribution in [0.25, 0.3) is 0 Å². The van der Waals surface area contributed by atoms with E-state index in [0.717, 1.165) is 0 Å². The van der Waals surface area contributed by atoms with E-state index in [4.69, 9.17) is 74.4 Å². The van der Waals surface area contributed by atoms with E-state index >= 15 is 0 Å². The molecule has 0 bridgehead atoms. The maximum absolute atomic E-state index is 8.69. The number of benzene rings is 1. The first-order valence-corrected chi connectivity index (χ1v) is 6.29. The van der Waals surface area contributed by atoms with Crippen LogP contribution in [0.4, 0.5) is 5.69 Å². The maximum atomic E-state index is 8.69. The zero-order valence-corrected chi connectivity index (χ0v) is 12.6. The summed E-state index contributed by atoms with van der Waals surface area (Å²) >= 11 is 29.3. The molecule has 10 heteroatoms. The van der Waals surface area contributed by atoms with Gasteiger partial charge in [0.1, 0.15) is 6.07 Å². The minimum atomic E-state index is -0.520. The summed E-state index contributed by atoms with van der Waals surface area (Å²) in [4.78, 5) is 0. The highest BCUT2D eigenvalue weighted by Crippen LogP contribution is 2.46. The molecule has 0 aliphatic heterocycles. The molecule has 0 aliphatic rings. The predicted molar refractivity (Wildman–Crippen MR) is 80.1 cm³/mol. The quantitative estimate of drug-likeness (QED) is 0.248. The van der Waals surface area contributed by atoms with E-state index in [1.807, 2.05) is 0 Å². The van der Waals surface area contributed by atoms with Crippen molar-refractivity contribution in [1.82, 2.24) is 0 Å². The predicted octanol–water partition coefficient (Wildman–Crippen LogP) is 4.18. The number of rotatable bonds is 3. The largest absolute Gasteiger partial charge is 0.382 e. The molecule has 0 radical (unpaired) electrons. The zero-order chi connectivity index (χ0) is 14.7. The van der Waals surface area contributed by atoms with Crippen LogP contribution in [0.15, 0.2) is 5.10 Å². The summed E-state index contributed by atoms with van der Waals surface area (Å²) in [6, 6.07) is 1.61. The molecule has 0 amide bonds. The van der Waals surface area contributed by atoms with Crippen LogP contribution in [0.3, 0.4) is 0 Å². The monoisotopic (exact) mass is 357 g/mol. The minimum Gasteiger partial charge on any atom is -0.382 e. The van der Waals surface area contributed by atoms with Crippen LogP contribution in [-0.4, -0.2) is 11.5 Å². The number of hydrogen-bond donors (Lipinski definition) is 3. The van der Waals surface area contributed by atoms with Gasteiger partial charge in [-0.25, -0.2) is 0 Å². The van der Waals surface area contributed by atoms with Crippen LogP contribution >= 0.6 is 58.0 Å².